The maximum atomic E-state index is 4.97. The Morgan fingerprint density at radius 2 is 1.62 bits per heavy atom. The molecule has 0 aromatic rings. The Kier molecular flexibility index (Phi) is 9.73. The Morgan fingerprint density at radius 1 is 1.25 bits per heavy atom. The fourth-order valence-electron chi connectivity index (χ4n) is 0.430. The lowest BCUT2D eigenvalue weighted by Gasteiger charge is -2.05. The van der Waals surface area contributed by atoms with Crippen LogP contribution in [0.5, 0.6) is 0 Å². The molecule has 0 heterocycles. The van der Waals surface area contributed by atoms with E-state index in [0.717, 1.165) is 6.04 Å². The summed E-state index contributed by atoms with van der Waals surface area (Å²) in [6.45, 7) is 2.07. The van der Waals surface area contributed by atoms with E-state index in [1.165, 1.54) is 0 Å². The van der Waals surface area contributed by atoms with Gasteiger partial charge in [-0.2, -0.15) is 0 Å². The van der Waals surface area contributed by atoms with Crippen LogP contribution in [-0.4, -0.2) is 23.5 Å². The van der Waals surface area contributed by atoms with Crippen LogP contribution in [0.15, 0.2) is 0 Å². The van der Waals surface area contributed by atoms with Crippen LogP contribution in [0.25, 0.3) is 0 Å². The van der Waals surface area contributed by atoms with Crippen LogP contribution in [0.3, 0.4) is 0 Å². The second-order valence-electron chi connectivity index (χ2n) is 1.31. The topological polar surface area (TPSA) is 53.5 Å². The van der Waals surface area contributed by atoms with Crippen LogP contribution in [0, 0.1) is 0 Å². The first-order valence-corrected chi connectivity index (χ1v) is 4.16. The van der Waals surface area contributed by atoms with E-state index in [1.807, 2.05) is 0 Å². The molecule has 0 aliphatic rings. The van der Waals surface area contributed by atoms with Crippen molar-refractivity contribution >= 4 is 9.28 Å². The Balaban J connectivity index is 0. The molecule has 0 rings (SSSR count). The molecule has 0 spiro atoms. The molecule has 4 heteroatoms. The molecule has 0 amide bonds. The van der Waals surface area contributed by atoms with Crippen molar-refractivity contribution in [1.82, 2.24) is 6.15 Å². The van der Waals surface area contributed by atoms with E-state index in [1.54, 1.807) is 14.2 Å². The minimum atomic E-state index is -1.17. The predicted molar refractivity (Wildman–Crippen MR) is 36.7 cm³/mol. The highest BCUT2D eigenvalue weighted by Crippen LogP contribution is 1.89. The van der Waals surface area contributed by atoms with Crippen molar-refractivity contribution in [3.8, 4) is 0 Å². The molecule has 0 aromatic heterocycles. The minimum Gasteiger partial charge on any atom is -0.400 e. The van der Waals surface area contributed by atoms with Gasteiger partial charge in [0.1, 0.15) is 0 Å². The van der Waals surface area contributed by atoms with E-state index in [4.69, 9.17) is 8.85 Å². The lowest BCUT2D eigenvalue weighted by Crippen LogP contribution is -2.16. The average Bonchev–Trinajstić information content (AvgIpc) is 1.72. The summed E-state index contributed by atoms with van der Waals surface area (Å²) in [5, 5.41) is 0. The highest BCUT2D eigenvalue weighted by molar-refractivity contribution is 6.44. The fraction of sp³-hybridized carbons (Fsp3) is 1.00. The Labute approximate surface area is 52.4 Å². The van der Waals surface area contributed by atoms with Gasteiger partial charge in [0, 0.05) is 14.2 Å². The van der Waals surface area contributed by atoms with Gasteiger partial charge in [-0.05, 0) is 6.04 Å². The van der Waals surface area contributed by atoms with Gasteiger partial charge in [-0.3, -0.25) is 0 Å². The van der Waals surface area contributed by atoms with Crippen molar-refractivity contribution in [3.63, 3.8) is 0 Å². The standard InChI is InChI=1S/C4H12O2Si.H3N/c1-4-7(5-2)6-3;/h7H,4H2,1-3H3;1H3. The predicted octanol–water partition coefficient (Wildman–Crippen LogP) is 0.682. The van der Waals surface area contributed by atoms with E-state index in [-0.39, 0.29) is 6.15 Å². The minimum absolute atomic E-state index is 0. The summed E-state index contributed by atoms with van der Waals surface area (Å²) in [7, 11) is 2.23. The average molecular weight is 137 g/mol. The monoisotopic (exact) mass is 137 g/mol. The first-order valence-electron chi connectivity index (χ1n) is 2.40. The molecule has 0 aliphatic carbocycles. The van der Waals surface area contributed by atoms with Crippen LogP contribution in [-0.2, 0) is 8.85 Å². The van der Waals surface area contributed by atoms with Crippen LogP contribution >= 0.6 is 0 Å². The van der Waals surface area contributed by atoms with Gasteiger partial charge in [-0.25, -0.2) is 0 Å². The van der Waals surface area contributed by atoms with Crippen LogP contribution in [0.2, 0.25) is 6.04 Å². The van der Waals surface area contributed by atoms with E-state index >= 15 is 0 Å². The van der Waals surface area contributed by atoms with Gasteiger partial charge < -0.3 is 15.0 Å². The lowest BCUT2D eigenvalue weighted by atomic mass is 11.0. The van der Waals surface area contributed by atoms with Gasteiger partial charge >= 0.3 is 9.28 Å². The van der Waals surface area contributed by atoms with Gasteiger partial charge in [0.05, 0.1) is 0 Å². The molecule has 0 atom stereocenters. The van der Waals surface area contributed by atoms with E-state index in [0.29, 0.717) is 0 Å². The fourth-order valence-corrected chi connectivity index (χ4v) is 1.29. The van der Waals surface area contributed by atoms with Crippen molar-refractivity contribution in [2.24, 2.45) is 0 Å². The molecule has 0 aliphatic heterocycles. The Bertz CT molecular complexity index is 35.5. The van der Waals surface area contributed by atoms with Crippen molar-refractivity contribution in [2.45, 2.75) is 13.0 Å². The second kappa shape index (κ2) is 7.10. The Morgan fingerprint density at radius 3 is 1.62 bits per heavy atom. The van der Waals surface area contributed by atoms with Crippen molar-refractivity contribution in [1.29, 1.82) is 0 Å². The molecule has 8 heavy (non-hydrogen) atoms. The van der Waals surface area contributed by atoms with E-state index < -0.39 is 9.28 Å². The van der Waals surface area contributed by atoms with Crippen LogP contribution in [0.4, 0.5) is 0 Å². The molecule has 0 aromatic carbocycles. The van der Waals surface area contributed by atoms with Crippen molar-refractivity contribution in [3.05, 3.63) is 0 Å². The summed E-state index contributed by atoms with van der Waals surface area (Å²) in [4.78, 5) is 0. The van der Waals surface area contributed by atoms with Crippen LogP contribution < -0.4 is 6.15 Å². The molecule has 0 fully saturated rings. The third-order valence-electron chi connectivity index (χ3n) is 0.859. The first kappa shape index (κ1) is 11.0. The maximum Gasteiger partial charge on any atom is 0.320 e. The molecule has 0 bridgehead atoms. The number of rotatable bonds is 3. The number of hydrogen-bond donors (Lipinski definition) is 1. The highest BCUT2D eigenvalue weighted by Gasteiger charge is 2.02. The van der Waals surface area contributed by atoms with Crippen LogP contribution in [0.1, 0.15) is 6.92 Å². The van der Waals surface area contributed by atoms with Crippen molar-refractivity contribution in [2.75, 3.05) is 14.2 Å². The smallest absolute Gasteiger partial charge is 0.320 e. The quantitative estimate of drug-likeness (QED) is 0.582. The van der Waals surface area contributed by atoms with Gasteiger partial charge in [0.15, 0.2) is 0 Å². The zero-order valence-corrected chi connectivity index (χ0v) is 6.96. The summed E-state index contributed by atoms with van der Waals surface area (Å²) < 4.78 is 9.93. The summed E-state index contributed by atoms with van der Waals surface area (Å²) in [5.41, 5.74) is 0. The highest BCUT2D eigenvalue weighted by atomic mass is 28.3. The third kappa shape index (κ3) is 4.26. The summed E-state index contributed by atoms with van der Waals surface area (Å²) in [6, 6.07) is 1.05. The van der Waals surface area contributed by atoms with Gasteiger partial charge in [-0.15, -0.1) is 0 Å². The second-order valence-corrected chi connectivity index (χ2v) is 3.93. The molecule has 3 N–H and O–H groups in total. The summed E-state index contributed by atoms with van der Waals surface area (Å²) in [5.74, 6) is 0. The van der Waals surface area contributed by atoms with Gasteiger partial charge in [-0.1, -0.05) is 6.92 Å². The third-order valence-corrected chi connectivity index (χ3v) is 2.58. The van der Waals surface area contributed by atoms with Crippen molar-refractivity contribution < 1.29 is 8.85 Å². The lowest BCUT2D eigenvalue weighted by molar-refractivity contribution is 0.279. The summed E-state index contributed by atoms with van der Waals surface area (Å²) in [6.07, 6.45) is 0. The van der Waals surface area contributed by atoms with E-state index in [9.17, 15) is 0 Å². The molecule has 52 valence electrons. The molecule has 0 radical (unpaired) electrons. The largest absolute Gasteiger partial charge is 0.400 e. The van der Waals surface area contributed by atoms with E-state index in [2.05, 4.69) is 6.92 Å². The zero-order chi connectivity index (χ0) is 5.70. The normalized spacial score (nSPS) is 9.00. The maximum absolute atomic E-state index is 4.97. The first-order chi connectivity index (χ1) is 3.35. The molecule has 0 unspecified atom stereocenters. The molecule has 3 nitrogen and oxygen atoms in total. The number of hydrogen-bond acceptors (Lipinski definition) is 3. The molecular formula is C4H15NO2Si. The van der Waals surface area contributed by atoms with Gasteiger partial charge in [0.25, 0.3) is 0 Å². The summed E-state index contributed by atoms with van der Waals surface area (Å²) >= 11 is 0. The molecular weight excluding hydrogens is 122 g/mol. The molecule has 0 saturated carbocycles. The SMILES string of the molecule is CC[SiH](OC)OC.N. The zero-order valence-electron chi connectivity index (χ0n) is 5.81. The molecule has 0 saturated heterocycles. The Hall–Kier alpha value is 0.0969. The van der Waals surface area contributed by atoms with Gasteiger partial charge in [0.2, 0.25) is 0 Å².